The van der Waals surface area contributed by atoms with E-state index in [-0.39, 0.29) is 46.5 Å². The zero-order valence-corrected chi connectivity index (χ0v) is 14.6. The van der Waals surface area contributed by atoms with E-state index in [0.717, 1.165) is 6.42 Å². The summed E-state index contributed by atoms with van der Waals surface area (Å²) in [4.78, 5) is 5.55. The van der Waals surface area contributed by atoms with Crippen LogP contribution in [0.4, 0.5) is 0 Å². The molecule has 18 heavy (non-hydrogen) atoms. The summed E-state index contributed by atoms with van der Waals surface area (Å²) in [5.41, 5.74) is 3.15. The molecule has 0 spiro atoms. The van der Waals surface area contributed by atoms with Crippen LogP contribution in [0, 0.1) is 0 Å². The molecule has 0 aromatic rings. The van der Waals surface area contributed by atoms with Crippen molar-refractivity contribution < 1.29 is 56.1 Å². The topological polar surface area (TPSA) is 30.5 Å². The van der Waals surface area contributed by atoms with Crippen LogP contribution in [0.25, 0.3) is 0 Å². The number of halogens is 2. The first kappa shape index (κ1) is 23.7. The first-order chi connectivity index (χ1) is 6.98. The molecule has 0 aromatic carbocycles. The zero-order chi connectivity index (χ0) is 11.5. The Morgan fingerprint density at radius 3 is 2.11 bits per heavy atom. The molecular formula is C12H21Cl2NO2Ti. The van der Waals surface area contributed by atoms with E-state index < -0.39 is 11.2 Å². The van der Waals surface area contributed by atoms with Gasteiger partial charge < -0.3 is 29.6 Å². The second-order valence-corrected chi connectivity index (χ2v) is 4.38. The first-order valence-electron chi connectivity index (χ1n) is 5.24. The molecule has 1 rings (SSSR count). The van der Waals surface area contributed by atoms with Gasteiger partial charge in [0.25, 0.3) is 0 Å². The van der Waals surface area contributed by atoms with Crippen molar-refractivity contribution >= 4 is 0 Å². The summed E-state index contributed by atoms with van der Waals surface area (Å²) in [5.74, 6) is 0. The van der Waals surface area contributed by atoms with Gasteiger partial charge >= 0.3 is 21.7 Å². The van der Waals surface area contributed by atoms with Crippen molar-refractivity contribution in [3.05, 3.63) is 23.8 Å². The number of ether oxygens (including phenoxy) is 1. The summed E-state index contributed by atoms with van der Waals surface area (Å²) in [7, 11) is 3.49. The van der Waals surface area contributed by atoms with Crippen LogP contribution >= 0.6 is 0 Å². The predicted octanol–water partition coefficient (Wildman–Crippen LogP) is -3.79. The molecule has 0 radical (unpaired) electrons. The average molecular weight is 330 g/mol. The molecule has 1 aliphatic carbocycles. The minimum atomic E-state index is -0.422. The number of methoxy groups -OCH3 is 1. The van der Waals surface area contributed by atoms with E-state index >= 15 is 0 Å². The van der Waals surface area contributed by atoms with Gasteiger partial charge in [0.1, 0.15) is 11.2 Å². The molecule has 0 aliphatic heterocycles. The van der Waals surface area contributed by atoms with Crippen LogP contribution in [0.5, 0.6) is 0 Å². The van der Waals surface area contributed by atoms with Gasteiger partial charge in [-0.2, -0.15) is 0 Å². The molecule has 1 aliphatic rings. The standard InChI is InChI=1S/C12H21NO2.2ClH.Ti/c1-11(2,15-13-4)12(3,14-5)10-8-6-7-9-10;;;/h6-8,13H,9H2,1-5H3;2*1H;/q;;;+2/p-2. The van der Waals surface area contributed by atoms with E-state index in [9.17, 15) is 0 Å². The molecule has 0 aromatic heterocycles. The van der Waals surface area contributed by atoms with Crippen molar-refractivity contribution in [1.29, 1.82) is 0 Å². The second-order valence-electron chi connectivity index (χ2n) is 4.38. The van der Waals surface area contributed by atoms with E-state index in [4.69, 9.17) is 9.57 Å². The van der Waals surface area contributed by atoms with Gasteiger partial charge in [0.15, 0.2) is 0 Å². The Balaban J connectivity index is -0.000000750. The fourth-order valence-corrected chi connectivity index (χ4v) is 1.92. The second kappa shape index (κ2) is 9.54. The summed E-state index contributed by atoms with van der Waals surface area (Å²) in [6.07, 6.45) is 7.22. The first-order valence-corrected chi connectivity index (χ1v) is 5.24. The van der Waals surface area contributed by atoms with Crippen LogP contribution in [0.1, 0.15) is 27.2 Å². The molecule has 0 saturated heterocycles. The summed E-state index contributed by atoms with van der Waals surface area (Å²) in [6.45, 7) is 6.10. The molecule has 1 N–H and O–H groups in total. The predicted molar refractivity (Wildman–Crippen MR) is 61.5 cm³/mol. The average Bonchev–Trinajstić information content (AvgIpc) is 2.69. The maximum absolute atomic E-state index is 5.67. The van der Waals surface area contributed by atoms with Crippen LogP contribution in [0.3, 0.4) is 0 Å². The molecule has 0 fully saturated rings. The Bertz CT molecular complexity index is 296. The fourth-order valence-electron chi connectivity index (χ4n) is 1.92. The van der Waals surface area contributed by atoms with Crippen molar-refractivity contribution in [1.82, 2.24) is 5.48 Å². The Kier molecular flexibility index (Phi) is 12.6. The third kappa shape index (κ3) is 4.64. The van der Waals surface area contributed by atoms with Gasteiger partial charge in [-0.25, -0.2) is 5.48 Å². The minimum Gasteiger partial charge on any atom is -1.00 e. The molecule has 3 nitrogen and oxygen atoms in total. The fraction of sp³-hybridized carbons (Fsp3) is 0.667. The number of hydrogen-bond acceptors (Lipinski definition) is 3. The van der Waals surface area contributed by atoms with Crippen molar-refractivity contribution in [2.24, 2.45) is 0 Å². The number of nitrogens with one attached hydrogen (secondary N) is 1. The summed E-state index contributed by atoms with van der Waals surface area (Å²) in [6, 6.07) is 0. The number of hydrogen-bond donors (Lipinski definition) is 1. The van der Waals surface area contributed by atoms with Crippen LogP contribution in [-0.4, -0.2) is 25.4 Å². The van der Waals surface area contributed by atoms with E-state index in [1.807, 2.05) is 13.8 Å². The van der Waals surface area contributed by atoms with Crippen LogP contribution in [0.15, 0.2) is 23.8 Å². The van der Waals surface area contributed by atoms with E-state index in [1.165, 1.54) is 5.57 Å². The van der Waals surface area contributed by atoms with E-state index in [1.54, 1.807) is 14.2 Å². The smallest absolute Gasteiger partial charge is 1.00 e. The summed E-state index contributed by atoms with van der Waals surface area (Å²) < 4.78 is 5.67. The summed E-state index contributed by atoms with van der Waals surface area (Å²) >= 11 is 0. The van der Waals surface area contributed by atoms with Gasteiger partial charge in [0.2, 0.25) is 0 Å². The van der Waals surface area contributed by atoms with Gasteiger partial charge in [0, 0.05) is 14.2 Å². The molecule has 1 atom stereocenters. The van der Waals surface area contributed by atoms with Crippen molar-refractivity contribution in [3.63, 3.8) is 0 Å². The maximum Gasteiger partial charge on any atom is 2.00 e. The Morgan fingerprint density at radius 2 is 1.78 bits per heavy atom. The zero-order valence-electron chi connectivity index (χ0n) is 11.5. The molecule has 0 amide bonds. The number of allylic oxidation sites excluding steroid dienone is 3. The van der Waals surface area contributed by atoms with Gasteiger partial charge in [0.05, 0.1) is 0 Å². The third-order valence-electron chi connectivity index (χ3n) is 3.30. The van der Waals surface area contributed by atoms with Gasteiger partial charge in [-0.15, -0.1) is 0 Å². The van der Waals surface area contributed by atoms with Gasteiger partial charge in [-0.1, -0.05) is 18.2 Å². The Morgan fingerprint density at radius 1 is 1.22 bits per heavy atom. The number of rotatable bonds is 5. The molecule has 0 bridgehead atoms. The SMILES string of the molecule is CNOC(C)(C)C(C)(OC)C1=CC=CC1.[Cl-].[Cl-].[Ti+2]. The largest absolute Gasteiger partial charge is 2.00 e. The van der Waals surface area contributed by atoms with E-state index in [0.29, 0.717) is 0 Å². The Labute approximate surface area is 137 Å². The summed E-state index contributed by atoms with van der Waals surface area (Å²) in [5, 5.41) is 0. The Hall–Kier alpha value is 0.654. The van der Waals surface area contributed by atoms with E-state index in [2.05, 4.69) is 30.6 Å². The molecule has 6 heteroatoms. The van der Waals surface area contributed by atoms with Gasteiger partial charge in [-0.05, 0) is 32.8 Å². The minimum absolute atomic E-state index is 0. The molecule has 0 heterocycles. The number of hydroxylamine groups is 1. The maximum atomic E-state index is 5.67. The molecule has 1 unspecified atom stereocenters. The van der Waals surface area contributed by atoms with Crippen LogP contribution in [-0.2, 0) is 31.3 Å². The van der Waals surface area contributed by atoms with Crippen molar-refractivity contribution in [2.45, 2.75) is 38.4 Å². The molecule has 104 valence electrons. The molecular weight excluding hydrogens is 309 g/mol. The molecule has 0 saturated carbocycles. The van der Waals surface area contributed by atoms with Crippen molar-refractivity contribution in [2.75, 3.05) is 14.2 Å². The van der Waals surface area contributed by atoms with Crippen molar-refractivity contribution in [3.8, 4) is 0 Å². The van der Waals surface area contributed by atoms with Crippen LogP contribution in [0.2, 0.25) is 0 Å². The quantitative estimate of drug-likeness (QED) is 0.415. The van der Waals surface area contributed by atoms with Crippen LogP contribution < -0.4 is 30.3 Å². The monoisotopic (exact) mass is 329 g/mol. The van der Waals surface area contributed by atoms with Gasteiger partial charge in [-0.3, -0.25) is 4.84 Å². The third-order valence-corrected chi connectivity index (χ3v) is 3.30. The normalized spacial score (nSPS) is 16.8.